The van der Waals surface area contributed by atoms with Crippen LogP contribution in [-0.2, 0) is 6.54 Å². The van der Waals surface area contributed by atoms with Crippen molar-refractivity contribution in [3.05, 3.63) is 41.6 Å². The monoisotopic (exact) mass is 414 g/mol. The van der Waals surface area contributed by atoms with Crippen LogP contribution < -0.4 is 5.32 Å². The van der Waals surface area contributed by atoms with Gasteiger partial charge in [-0.3, -0.25) is 0 Å². The van der Waals surface area contributed by atoms with Gasteiger partial charge in [-0.2, -0.15) is 0 Å². The van der Waals surface area contributed by atoms with Crippen LogP contribution in [0.2, 0.25) is 0 Å². The van der Waals surface area contributed by atoms with E-state index in [1.54, 1.807) is 6.07 Å². The van der Waals surface area contributed by atoms with Gasteiger partial charge in [0, 0.05) is 30.8 Å². The molecular formula is C20H29Cl2FN4. The Balaban J connectivity index is 0.00000131. The van der Waals surface area contributed by atoms with Gasteiger partial charge in [0.2, 0.25) is 0 Å². The molecule has 1 aromatic heterocycles. The van der Waals surface area contributed by atoms with E-state index in [1.165, 1.54) is 25.3 Å². The normalized spacial score (nSPS) is 17.7. The third kappa shape index (κ3) is 5.02. The molecule has 3 heterocycles. The summed E-state index contributed by atoms with van der Waals surface area (Å²) in [7, 11) is 0. The zero-order chi connectivity index (χ0) is 17.2. The Morgan fingerprint density at radius 3 is 2.52 bits per heavy atom. The molecule has 0 bridgehead atoms. The number of likely N-dealkylation sites (tertiary alicyclic amines) is 1. The SMILES string of the molecule is Cc1cc(-c2cn(CCN3CCC3)c(C3CCNCC3)n2)ccc1F.Cl.Cl. The molecule has 2 aliphatic heterocycles. The van der Waals surface area contributed by atoms with E-state index < -0.39 is 0 Å². The molecule has 150 valence electrons. The number of halogens is 3. The Bertz CT molecular complexity index is 740. The quantitative estimate of drug-likeness (QED) is 0.801. The van der Waals surface area contributed by atoms with Crippen molar-refractivity contribution >= 4 is 24.8 Å². The first-order chi connectivity index (χ1) is 12.2. The van der Waals surface area contributed by atoms with Crippen LogP contribution in [0.4, 0.5) is 4.39 Å². The van der Waals surface area contributed by atoms with E-state index >= 15 is 0 Å². The van der Waals surface area contributed by atoms with Crippen molar-refractivity contribution < 1.29 is 4.39 Å². The van der Waals surface area contributed by atoms with Crippen LogP contribution in [0.3, 0.4) is 0 Å². The lowest BCUT2D eigenvalue weighted by atomic mass is 9.97. The van der Waals surface area contributed by atoms with E-state index in [2.05, 4.69) is 21.0 Å². The first-order valence-electron chi connectivity index (χ1n) is 9.47. The lowest BCUT2D eigenvalue weighted by molar-refractivity contribution is 0.173. The summed E-state index contributed by atoms with van der Waals surface area (Å²) in [4.78, 5) is 7.48. The van der Waals surface area contributed by atoms with Gasteiger partial charge in [-0.05, 0) is 76.1 Å². The van der Waals surface area contributed by atoms with Gasteiger partial charge in [0.25, 0.3) is 0 Å². The Morgan fingerprint density at radius 1 is 1.15 bits per heavy atom. The molecule has 0 atom stereocenters. The van der Waals surface area contributed by atoms with Crippen LogP contribution in [0.1, 0.15) is 36.6 Å². The molecule has 0 spiro atoms. The maximum Gasteiger partial charge on any atom is 0.126 e. The van der Waals surface area contributed by atoms with Gasteiger partial charge in [-0.1, -0.05) is 0 Å². The van der Waals surface area contributed by atoms with Crippen molar-refractivity contribution in [2.24, 2.45) is 0 Å². The van der Waals surface area contributed by atoms with Crippen LogP contribution in [-0.4, -0.2) is 47.2 Å². The van der Waals surface area contributed by atoms with E-state index in [4.69, 9.17) is 4.98 Å². The third-order valence-electron chi connectivity index (χ3n) is 5.57. The van der Waals surface area contributed by atoms with Crippen LogP contribution in [0, 0.1) is 12.7 Å². The van der Waals surface area contributed by atoms with E-state index in [0.717, 1.165) is 50.3 Å². The van der Waals surface area contributed by atoms with Crippen molar-refractivity contribution in [1.29, 1.82) is 0 Å². The van der Waals surface area contributed by atoms with Crippen molar-refractivity contribution in [2.45, 2.75) is 38.6 Å². The molecule has 0 aliphatic carbocycles. The summed E-state index contributed by atoms with van der Waals surface area (Å²) in [5.74, 6) is 1.58. The fourth-order valence-corrected chi connectivity index (χ4v) is 3.81. The molecule has 4 rings (SSSR count). The highest BCUT2D eigenvalue weighted by Gasteiger charge is 2.23. The highest BCUT2D eigenvalue weighted by atomic mass is 35.5. The molecule has 2 aromatic rings. The molecule has 0 saturated carbocycles. The summed E-state index contributed by atoms with van der Waals surface area (Å²) in [6, 6.07) is 5.30. The number of piperidine rings is 1. The largest absolute Gasteiger partial charge is 0.333 e. The van der Waals surface area contributed by atoms with Crippen LogP contribution in [0.5, 0.6) is 0 Å². The maximum atomic E-state index is 13.6. The van der Waals surface area contributed by atoms with Gasteiger partial charge in [0.15, 0.2) is 0 Å². The topological polar surface area (TPSA) is 33.1 Å². The Morgan fingerprint density at radius 2 is 1.89 bits per heavy atom. The molecule has 2 fully saturated rings. The molecule has 2 aliphatic rings. The van der Waals surface area contributed by atoms with Gasteiger partial charge >= 0.3 is 0 Å². The number of nitrogens with zero attached hydrogens (tertiary/aromatic N) is 3. The minimum atomic E-state index is -0.153. The highest BCUT2D eigenvalue weighted by Crippen LogP contribution is 2.29. The van der Waals surface area contributed by atoms with E-state index in [0.29, 0.717) is 11.5 Å². The summed E-state index contributed by atoms with van der Waals surface area (Å²) in [5, 5.41) is 3.44. The lowest BCUT2D eigenvalue weighted by Crippen LogP contribution is -2.39. The molecule has 7 heteroatoms. The maximum absolute atomic E-state index is 13.6. The number of benzene rings is 1. The molecule has 0 amide bonds. The molecule has 1 N–H and O–H groups in total. The smallest absolute Gasteiger partial charge is 0.126 e. The van der Waals surface area contributed by atoms with Gasteiger partial charge in [-0.15, -0.1) is 24.8 Å². The highest BCUT2D eigenvalue weighted by molar-refractivity contribution is 5.85. The molecule has 4 nitrogen and oxygen atoms in total. The minimum Gasteiger partial charge on any atom is -0.333 e. The van der Waals surface area contributed by atoms with Crippen molar-refractivity contribution in [2.75, 3.05) is 32.7 Å². The fourth-order valence-electron chi connectivity index (χ4n) is 3.81. The summed E-state index contributed by atoms with van der Waals surface area (Å²) in [6.07, 6.45) is 5.78. The minimum absolute atomic E-state index is 0. The lowest BCUT2D eigenvalue weighted by Gasteiger charge is -2.31. The molecular weight excluding hydrogens is 386 g/mol. The standard InChI is InChI=1S/C20H27FN4.2ClH/c1-15-13-17(3-4-18(15)21)19-14-25(12-11-24-9-2-10-24)20(23-19)16-5-7-22-8-6-16;;/h3-4,13-14,16,22H,2,5-12H2,1H3;2*1H. The molecule has 0 unspecified atom stereocenters. The second-order valence-electron chi connectivity index (χ2n) is 7.36. The zero-order valence-corrected chi connectivity index (χ0v) is 17.4. The number of hydrogen-bond acceptors (Lipinski definition) is 3. The van der Waals surface area contributed by atoms with E-state index in [1.807, 2.05) is 19.1 Å². The first kappa shape index (κ1) is 22.2. The number of aryl methyl sites for hydroxylation is 1. The number of imidazole rings is 1. The predicted octanol–water partition coefficient (Wildman–Crippen LogP) is 4.01. The predicted molar refractivity (Wildman–Crippen MR) is 113 cm³/mol. The summed E-state index contributed by atoms with van der Waals surface area (Å²) in [6.45, 7) is 8.47. The summed E-state index contributed by atoms with van der Waals surface area (Å²) in [5.41, 5.74) is 2.66. The average Bonchev–Trinajstić information content (AvgIpc) is 3.01. The number of hydrogen-bond donors (Lipinski definition) is 1. The molecule has 0 radical (unpaired) electrons. The van der Waals surface area contributed by atoms with Gasteiger partial charge < -0.3 is 14.8 Å². The number of aromatic nitrogens is 2. The molecule has 1 aromatic carbocycles. The zero-order valence-electron chi connectivity index (χ0n) is 15.8. The second-order valence-corrected chi connectivity index (χ2v) is 7.36. The van der Waals surface area contributed by atoms with Crippen molar-refractivity contribution in [3.8, 4) is 11.3 Å². The summed E-state index contributed by atoms with van der Waals surface area (Å²) < 4.78 is 16.0. The van der Waals surface area contributed by atoms with E-state index in [-0.39, 0.29) is 30.6 Å². The Hall–Kier alpha value is -1.14. The van der Waals surface area contributed by atoms with Crippen LogP contribution in [0.15, 0.2) is 24.4 Å². The van der Waals surface area contributed by atoms with E-state index in [9.17, 15) is 4.39 Å². The van der Waals surface area contributed by atoms with Crippen molar-refractivity contribution in [3.63, 3.8) is 0 Å². The first-order valence-corrected chi connectivity index (χ1v) is 9.47. The van der Waals surface area contributed by atoms with Crippen molar-refractivity contribution in [1.82, 2.24) is 19.8 Å². The molecule has 27 heavy (non-hydrogen) atoms. The average molecular weight is 415 g/mol. The van der Waals surface area contributed by atoms with Gasteiger partial charge in [-0.25, -0.2) is 9.37 Å². The number of rotatable bonds is 5. The Labute approximate surface area is 173 Å². The van der Waals surface area contributed by atoms with Gasteiger partial charge in [0.1, 0.15) is 11.6 Å². The second kappa shape index (κ2) is 9.87. The Kier molecular flexibility index (Phi) is 8.10. The third-order valence-corrected chi connectivity index (χ3v) is 5.57. The summed E-state index contributed by atoms with van der Waals surface area (Å²) >= 11 is 0. The number of nitrogens with one attached hydrogen (secondary N) is 1. The van der Waals surface area contributed by atoms with Crippen LogP contribution in [0.25, 0.3) is 11.3 Å². The molecule has 2 saturated heterocycles. The fraction of sp³-hybridized carbons (Fsp3) is 0.550. The van der Waals surface area contributed by atoms with Crippen LogP contribution >= 0.6 is 24.8 Å². The van der Waals surface area contributed by atoms with Gasteiger partial charge in [0.05, 0.1) is 5.69 Å².